The minimum atomic E-state index is -3.44. The largest absolute Gasteiger partial charge is 0.320 e. The lowest BCUT2D eigenvalue weighted by molar-refractivity contribution is 0.263. The van der Waals surface area contributed by atoms with Crippen molar-refractivity contribution in [3.63, 3.8) is 0 Å². The van der Waals surface area contributed by atoms with Gasteiger partial charge in [-0.1, -0.05) is 12.1 Å². The van der Waals surface area contributed by atoms with E-state index in [4.69, 9.17) is 0 Å². The molecule has 0 unspecified atom stereocenters. The molecule has 5 nitrogen and oxygen atoms in total. The Morgan fingerprint density at radius 1 is 1.31 bits per heavy atom. The third-order valence-electron chi connectivity index (χ3n) is 4.71. The van der Waals surface area contributed by atoms with Crippen LogP contribution in [0.25, 0.3) is 10.6 Å². The van der Waals surface area contributed by atoms with Gasteiger partial charge in [0.15, 0.2) is 0 Å². The standard InChI is InChI=1S/C18H25N3O2S2.ClH/c1-14-13-24-18(20-14)16-4-3-5-17(12-16)25(22,23)21-10-7-15(8-11-21)6-9-19-2;/h3-5,12-13,15,19H,6-11H2,1-2H3;1H. The number of nitrogens with one attached hydrogen (secondary N) is 1. The van der Waals surface area contributed by atoms with E-state index in [1.165, 1.54) is 11.3 Å². The summed E-state index contributed by atoms with van der Waals surface area (Å²) in [4.78, 5) is 4.83. The first-order chi connectivity index (χ1) is 12.0. The van der Waals surface area contributed by atoms with Gasteiger partial charge in [0.05, 0.1) is 4.90 Å². The van der Waals surface area contributed by atoms with E-state index in [2.05, 4.69) is 10.3 Å². The fourth-order valence-corrected chi connectivity index (χ4v) is 5.52. The third kappa shape index (κ3) is 4.84. The minimum Gasteiger partial charge on any atom is -0.320 e. The maximum atomic E-state index is 13.0. The second-order valence-corrected chi connectivity index (χ2v) is 9.36. The lowest BCUT2D eigenvalue weighted by Crippen LogP contribution is -2.38. The van der Waals surface area contributed by atoms with Crippen molar-refractivity contribution in [3.05, 3.63) is 35.3 Å². The van der Waals surface area contributed by atoms with Crippen LogP contribution in [0, 0.1) is 12.8 Å². The van der Waals surface area contributed by atoms with Crippen LogP contribution in [0.2, 0.25) is 0 Å². The molecule has 144 valence electrons. The van der Waals surface area contributed by atoms with Crippen molar-refractivity contribution in [1.82, 2.24) is 14.6 Å². The van der Waals surface area contributed by atoms with Crippen LogP contribution >= 0.6 is 23.7 Å². The van der Waals surface area contributed by atoms with Crippen molar-refractivity contribution in [2.45, 2.75) is 31.1 Å². The van der Waals surface area contributed by atoms with Crippen LogP contribution in [-0.4, -0.2) is 44.4 Å². The average molecular weight is 416 g/mol. The highest BCUT2D eigenvalue weighted by Gasteiger charge is 2.29. The normalized spacial score (nSPS) is 16.4. The number of halogens is 1. The van der Waals surface area contributed by atoms with Gasteiger partial charge >= 0.3 is 0 Å². The number of aryl methyl sites for hydroxylation is 1. The Hall–Kier alpha value is -0.990. The van der Waals surface area contributed by atoms with E-state index in [1.54, 1.807) is 22.5 Å². The molecule has 1 aliphatic rings. The number of aromatic nitrogens is 1. The molecule has 8 heteroatoms. The summed E-state index contributed by atoms with van der Waals surface area (Å²) in [6, 6.07) is 7.16. The number of thiazole rings is 1. The van der Waals surface area contributed by atoms with E-state index in [9.17, 15) is 8.42 Å². The number of nitrogens with zero attached hydrogens (tertiary/aromatic N) is 2. The zero-order chi connectivity index (χ0) is 17.9. The molecule has 0 saturated carbocycles. The molecule has 0 aliphatic carbocycles. The average Bonchev–Trinajstić information content (AvgIpc) is 3.07. The summed E-state index contributed by atoms with van der Waals surface area (Å²) < 4.78 is 27.6. The van der Waals surface area contributed by atoms with E-state index >= 15 is 0 Å². The molecule has 0 bridgehead atoms. The molecule has 2 heterocycles. The molecule has 0 radical (unpaired) electrons. The Morgan fingerprint density at radius 2 is 2.04 bits per heavy atom. The molecule has 3 rings (SSSR count). The first kappa shape index (κ1) is 21.3. The fraction of sp³-hybridized carbons (Fsp3) is 0.500. The van der Waals surface area contributed by atoms with Gasteiger partial charge in [-0.2, -0.15) is 4.31 Å². The van der Waals surface area contributed by atoms with Crippen molar-refractivity contribution in [1.29, 1.82) is 0 Å². The number of sulfonamides is 1. The molecule has 2 aromatic rings. The van der Waals surface area contributed by atoms with Gasteiger partial charge in [0.1, 0.15) is 5.01 Å². The number of hydrogen-bond donors (Lipinski definition) is 1. The topological polar surface area (TPSA) is 62.3 Å². The van der Waals surface area contributed by atoms with Crippen molar-refractivity contribution in [3.8, 4) is 10.6 Å². The first-order valence-electron chi connectivity index (χ1n) is 8.68. The van der Waals surface area contributed by atoms with E-state index in [0.29, 0.717) is 23.9 Å². The van der Waals surface area contributed by atoms with Crippen molar-refractivity contribution in [2.24, 2.45) is 5.92 Å². The second-order valence-electron chi connectivity index (χ2n) is 6.56. The van der Waals surface area contributed by atoms with Crippen molar-refractivity contribution in [2.75, 3.05) is 26.7 Å². The van der Waals surface area contributed by atoms with Gasteiger partial charge in [0.25, 0.3) is 0 Å². The van der Waals surface area contributed by atoms with Gasteiger partial charge in [0, 0.05) is 29.7 Å². The van der Waals surface area contributed by atoms with Gasteiger partial charge in [-0.25, -0.2) is 13.4 Å². The Labute approximate surface area is 166 Å². The number of rotatable bonds is 6. The van der Waals surface area contributed by atoms with Crippen LogP contribution in [0.1, 0.15) is 25.0 Å². The highest BCUT2D eigenvalue weighted by atomic mass is 35.5. The summed E-state index contributed by atoms with van der Waals surface area (Å²) in [5, 5.41) is 6.01. The molecule has 1 aliphatic heterocycles. The maximum Gasteiger partial charge on any atom is 0.243 e. The predicted molar refractivity (Wildman–Crippen MR) is 110 cm³/mol. The molecule has 0 atom stereocenters. The van der Waals surface area contributed by atoms with Crippen molar-refractivity contribution >= 4 is 33.8 Å². The van der Waals surface area contributed by atoms with E-state index in [-0.39, 0.29) is 12.4 Å². The Bertz CT molecular complexity index is 815. The van der Waals surface area contributed by atoms with Crippen LogP contribution in [-0.2, 0) is 10.0 Å². The molecular weight excluding hydrogens is 390 g/mol. The number of piperidine rings is 1. The molecule has 1 aromatic carbocycles. The lowest BCUT2D eigenvalue weighted by atomic mass is 9.95. The van der Waals surface area contributed by atoms with E-state index < -0.39 is 10.0 Å². The maximum absolute atomic E-state index is 13.0. The first-order valence-corrected chi connectivity index (χ1v) is 11.0. The molecule has 26 heavy (non-hydrogen) atoms. The highest BCUT2D eigenvalue weighted by molar-refractivity contribution is 7.89. The smallest absolute Gasteiger partial charge is 0.243 e. The van der Waals surface area contributed by atoms with Gasteiger partial charge < -0.3 is 5.32 Å². The zero-order valence-corrected chi connectivity index (χ0v) is 17.6. The number of benzene rings is 1. The summed E-state index contributed by atoms with van der Waals surface area (Å²) in [5.41, 5.74) is 1.82. The molecule has 0 amide bonds. The Morgan fingerprint density at radius 3 is 2.65 bits per heavy atom. The number of hydrogen-bond acceptors (Lipinski definition) is 5. The van der Waals surface area contributed by atoms with Gasteiger partial charge in [-0.3, -0.25) is 0 Å². The van der Waals surface area contributed by atoms with Crippen LogP contribution in [0.15, 0.2) is 34.5 Å². The van der Waals surface area contributed by atoms with E-state index in [0.717, 1.165) is 42.1 Å². The third-order valence-corrected chi connectivity index (χ3v) is 7.62. The van der Waals surface area contributed by atoms with E-state index in [1.807, 2.05) is 25.4 Å². The predicted octanol–water partition coefficient (Wildman–Crippen LogP) is 3.55. The lowest BCUT2D eigenvalue weighted by Gasteiger charge is -2.31. The van der Waals surface area contributed by atoms with Crippen LogP contribution in [0.4, 0.5) is 0 Å². The Kier molecular flexibility index (Phi) is 7.61. The molecule has 1 fully saturated rings. The van der Waals surface area contributed by atoms with Crippen LogP contribution < -0.4 is 5.32 Å². The molecular formula is C18H26ClN3O2S2. The van der Waals surface area contributed by atoms with Crippen LogP contribution in [0.3, 0.4) is 0 Å². The molecule has 1 N–H and O–H groups in total. The second kappa shape index (κ2) is 9.28. The quantitative estimate of drug-likeness (QED) is 0.783. The summed E-state index contributed by atoms with van der Waals surface area (Å²) in [5.74, 6) is 0.614. The summed E-state index contributed by atoms with van der Waals surface area (Å²) in [6.07, 6.45) is 2.99. The molecule has 1 saturated heterocycles. The van der Waals surface area contributed by atoms with Crippen LogP contribution in [0.5, 0.6) is 0 Å². The van der Waals surface area contributed by atoms with Gasteiger partial charge in [0.2, 0.25) is 10.0 Å². The zero-order valence-electron chi connectivity index (χ0n) is 15.1. The molecule has 0 spiro atoms. The molecule has 1 aromatic heterocycles. The summed E-state index contributed by atoms with van der Waals surface area (Å²) >= 11 is 1.54. The highest BCUT2D eigenvalue weighted by Crippen LogP contribution is 2.29. The summed E-state index contributed by atoms with van der Waals surface area (Å²) in [7, 11) is -1.48. The monoisotopic (exact) mass is 415 g/mol. The van der Waals surface area contributed by atoms with Gasteiger partial charge in [-0.15, -0.1) is 23.7 Å². The minimum absolute atomic E-state index is 0. The Balaban J connectivity index is 0.00000243. The SMILES string of the molecule is CNCCC1CCN(S(=O)(=O)c2cccc(-c3nc(C)cs3)c2)CC1.Cl. The fourth-order valence-electron chi connectivity index (χ4n) is 3.21. The summed E-state index contributed by atoms with van der Waals surface area (Å²) in [6.45, 7) is 4.15. The van der Waals surface area contributed by atoms with Crippen molar-refractivity contribution < 1.29 is 8.42 Å². The van der Waals surface area contributed by atoms with Gasteiger partial charge in [-0.05, 0) is 57.8 Å².